The molecule has 1 unspecified atom stereocenters. The van der Waals surface area contributed by atoms with Crippen LogP contribution in [0.15, 0.2) is 23.1 Å². The first-order chi connectivity index (χ1) is 14.5. The summed E-state index contributed by atoms with van der Waals surface area (Å²) in [6.45, 7) is 2.41. The van der Waals surface area contributed by atoms with Gasteiger partial charge in [-0.1, -0.05) is 30.0 Å². The van der Waals surface area contributed by atoms with Crippen LogP contribution in [0.2, 0.25) is 0 Å². The molecule has 0 saturated carbocycles. The summed E-state index contributed by atoms with van der Waals surface area (Å²) in [5, 5.41) is 12.5. The number of nitrogens with one attached hydrogen (secondary N) is 1. The van der Waals surface area contributed by atoms with Crippen LogP contribution < -0.4 is 14.8 Å². The smallest absolute Gasteiger partial charge is 0.266 e. The minimum Gasteiger partial charge on any atom is -0.454 e. The number of hydrogen-bond acceptors (Lipinski definition) is 8. The Bertz CT molecular complexity index is 891. The lowest BCUT2D eigenvalue weighted by molar-refractivity contribution is -0.124. The van der Waals surface area contributed by atoms with E-state index in [1.165, 1.54) is 16.7 Å². The third-order valence-electron chi connectivity index (χ3n) is 5.07. The minimum atomic E-state index is -0.363. The van der Waals surface area contributed by atoms with Crippen LogP contribution in [-0.2, 0) is 9.59 Å². The molecule has 2 saturated heterocycles. The maximum atomic E-state index is 12.7. The van der Waals surface area contributed by atoms with E-state index in [9.17, 15) is 14.7 Å². The Kier molecular flexibility index (Phi) is 6.57. The lowest BCUT2D eigenvalue weighted by atomic mass is 10.1. The zero-order chi connectivity index (χ0) is 21.1. The SMILES string of the molecule is O=C(CN1CCCC(O)C1)NCCN1C(=O)/C(=C/c2ccc3c(c2)OCO3)SC1=S. The molecule has 0 radical (unpaired) electrons. The van der Waals surface area contributed by atoms with Crippen molar-refractivity contribution in [3.05, 3.63) is 28.7 Å². The fourth-order valence-corrected chi connectivity index (χ4v) is 4.90. The van der Waals surface area contributed by atoms with Gasteiger partial charge in [-0.25, -0.2) is 0 Å². The van der Waals surface area contributed by atoms with Crippen molar-refractivity contribution >= 4 is 46.2 Å². The number of β-amino-alcohol motifs (C(OH)–C–C–N with tert-alkyl or cyclic N) is 1. The molecule has 0 aromatic heterocycles. The van der Waals surface area contributed by atoms with Crippen molar-refractivity contribution in [2.45, 2.75) is 18.9 Å². The van der Waals surface area contributed by atoms with Crippen molar-refractivity contribution in [3.8, 4) is 11.5 Å². The van der Waals surface area contributed by atoms with Gasteiger partial charge in [-0.15, -0.1) is 0 Å². The molecule has 3 heterocycles. The second-order valence-corrected chi connectivity index (χ2v) is 9.00. The molecule has 10 heteroatoms. The van der Waals surface area contributed by atoms with Crippen molar-refractivity contribution in [2.24, 2.45) is 0 Å². The molecular formula is C20H23N3O5S2. The van der Waals surface area contributed by atoms with E-state index in [4.69, 9.17) is 21.7 Å². The molecule has 8 nitrogen and oxygen atoms in total. The van der Waals surface area contributed by atoms with Gasteiger partial charge in [0.05, 0.1) is 17.6 Å². The normalized spacial score (nSPS) is 22.8. The Labute approximate surface area is 184 Å². The van der Waals surface area contributed by atoms with Gasteiger partial charge in [0.1, 0.15) is 4.32 Å². The molecule has 4 rings (SSSR count). The maximum Gasteiger partial charge on any atom is 0.266 e. The number of hydrogen-bond donors (Lipinski definition) is 2. The molecule has 2 fully saturated rings. The van der Waals surface area contributed by atoms with E-state index < -0.39 is 0 Å². The predicted octanol–water partition coefficient (Wildman–Crippen LogP) is 1.19. The van der Waals surface area contributed by atoms with Crippen LogP contribution in [0, 0.1) is 0 Å². The second-order valence-electron chi connectivity index (χ2n) is 7.33. The van der Waals surface area contributed by atoms with E-state index in [1.54, 1.807) is 6.08 Å². The van der Waals surface area contributed by atoms with Crippen LogP contribution in [-0.4, -0.2) is 76.7 Å². The Balaban J connectivity index is 1.28. The topological polar surface area (TPSA) is 91.3 Å². The van der Waals surface area contributed by atoms with Gasteiger partial charge in [0.25, 0.3) is 5.91 Å². The van der Waals surface area contributed by atoms with Gasteiger partial charge in [-0.3, -0.25) is 19.4 Å². The number of likely N-dealkylation sites (tertiary alicyclic amines) is 1. The van der Waals surface area contributed by atoms with Crippen molar-refractivity contribution < 1.29 is 24.2 Å². The predicted molar refractivity (Wildman–Crippen MR) is 117 cm³/mol. The Morgan fingerprint density at radius 2 is 2.20 bits per heavy atom. The van der Waals surface area contributed by atoms with Gasteiger partial charge in [0, 0.05) is 19.6 Å². The van der Waals surface area contributed by atoms with Gasteiger partial charge >= 0.3 is 0 Å². The Morgan fingerprint density at radius 3 is 3.03 bits per heavy atom. The molecule has 1 atom stereocenters. The van der Waals surface area contributed by atoms with E-state index >= 15 is 0 Å². The fraction of sp³-hybridized carbons (Fsp3) is 0.450. The van der Waals surface area contributed by atoms with E-state index in [0.29, 0.717) is 40.4 Å². The number of aliphatic hydroxyl groups is 1. The standard InChI is InChI=1S/C20H23N3O5S2/c24-14-2-1-6-22(10-14)11-18(25)21-5-7-23-19(26)17(30-20(23)29)9-13-3-4-15-16(8-13)28-12-27-15/h3-4,8-9,14,24H,1-2,5-7,10-12H2,(H,21,25)/b17-9-. The summed E-state index contributed by atoms with van der Waals surface area (Å²) >= 11 is 6.59. The van der Waals surface area contributed by atoms with Crippen molar-refractivity contribution in [3.63, 3.8) is 0 Å². The monoisotopic (exact) mass is 449 g/mol. The molecule has 3 aliphatic heterocycles. The van der Waals surface area contributed by atoms with Gasteiger partial charge in [0.2, 0.25) is 12.7 Å². The van der Waals surface area contributed by atoms with E-state index in [2.05, 4.69) is 5.32 Å². The number of rotatable bonds is 6. The summed E-state index contributed by atoms with van der Waals surface area (Å²) in [4.78, 5) is 28.9. The maximum absolute atomic E-state index is 12.7. The second kappa shape index (κ2) is 9.34. The Morgan fingerprint density at radius 1 is 1.37 bits per heavy atom. The molecule has 2 amide bonds. The molecule has 1 aromatic carbocycles. The summed E-state index contributed by atoms with van der Waals surface area (Å²) in [5.41, 5.74) is 0.830. The number of thiocarbonyl (C=S) groups is 1. The van der Waals surface area contributed by atoms with Gasteiger partial charge in [0.15, 0.2) is 11.5 Å². The highest BCUT2D eigenvalue weighted by Crippen LogP contribution is 2.36. The first kappa shape index (κ1) is 21.1. The Hall–Kier alpha value is -2.14. The number of aliphatic hydroxyl groups excluding tert-OH is 1. The lowest BCUT2D eigenvalue weighted by Crippen LogP contribution is -2.45. The van der Waals surface area contributed by atoms with Crippen LogP contribution in [0.3, 0.4) is 0 Å². The number of fused-ring (bicyclic) bond motifs is 1. The fourth-order valence-electron chi connectivity index (χ4n) is 3.59. The van der Waals surface area contributed by atoms with Crippen LogP contribution in [0.25, 0.3) is 6.08 Å². The average Bonchev–Trinajstić information content (AvgIpc) is 3.27. The summed E-state index contributed by atoms with van der Waals surface area (Å²) in [5.74, 6) is 1.05. The number of carbonyl (C=O) groups excluding carboxylic acids is 2. The molecule has 0 spiro atoms. The minimum absolute atomic E-state index is 0.120. The number of thioether (sulfide) groups is 1. The van der Waals surface area contributed by atoms with E-state index in [-0.39, 0.29) is 31.3 Å². The van der Waals surface area contributed by atoms with Crippen LogP contribution in [0.5, 0.6) is 11.5 Å². The number of carbonyl (C=O) groups is 2. The van der Waals surface area contributed by atoms with Crippen LogP contribution >= 0.6 is 24.0 Å². The molecule has 160 valence electrons. The molecule has 30 heavy (non-hydrogen) atoms. The van der Waals surface area contributed by atoms with Gasteiger partial charge in [-0.2, -0.15) is 0 Å². The van der Waals surface area contributed by atoms with E-state index in [0.717, 1.165) is 24.9 Å². The molecule has 3 aliphatic rings. The van der Waals surface area contributed by atoms with Crippen molar-refractivity contribution in [2.75, 3.05) is 39.5 Å². The molecule has 2 N–H and O–H groups in total. The third-order valence-corrected chi connectivity index (χ3v) is 6.45. The van der Waals surface area contributed by atoms with Crippen LogP contribution in [0.1, 0.15) is 18.4 Å². The summed E-state index contributed by atoms with van der Waals surface area (Å²) in [7, 11) is 0. The number of nitrogens with zero attached hydrogens (tertiary/aromatic N) is 2. The molecule has 0 aliphatic carbocycles. The third kappa shape index (κ3) is 4.94. The van der Waals surface area contributed by atoms with Gasteiger partial charge < -0.3 is 19.9 Å². The first-order valence-corrected chi connectivity index (χ1v) is 11.0. The quantitative estimate of drug-likeness (QED) is 0.494. The largest absolute Gasteiger partial charge is 0.454 e. The average molecular weight is 450 g/mol. The highest BCUT2D eigenvalue weighted by molar-refractivity contribution is 8.26. The lowest BCUT2D eigenvalue weighted by Gasteiger charge is -2.29. The number of piperidine rings is 1. The molecule has 0 bridgehead atoms. The summed E-state index contributed by atoms with van der Waals surface area (Å²) in [6, 6.07) is 5.50. The summed E-state index contributed by atoms with van der Waals surface area (Å²) in [6.07, 6.45) is 3.09. The van der Waals surface area contributed by atoms with Gasteiger partial charge in [-0.05, 0) is 43.2 Å². The highest BCUT2D eigenvalue weighted by Gasteiger charge is 2.32. The number of amides is 2. The number of benzene rings is 1. The molecule has 1 aromatic rings. The van der Waals surface area contributed by atoms with Crippen molar-refractivity contribution in [1.82, 2.24) is 15.1 Å². The highest BCUT2D eigenvalue weighted by atomic mass is 32.2. The van der Waals surface area contributed by atoms with Crippen molar-refractivity contribution in [1.29, 1.82) is 0 Å². The summed E-state index contributed by atoms with van der Waals surface area (Å²) < 4.78 is 11.1. The van der Waals surface area contributed by atoms with Crippen LogP contribution in [0.4, 0.5) is 0 Å². The number of ether oxygens (including phenoxy) is 2. The van der Waals surface area contributed by atoms with E-state index in [1.807, 2.05) is 23.1 Å². The first-order valence-electron chi connectivity index (χ1n) is 9.82. The zero-order valence-electron chi connectivity index (χ0n) is 16.3. The molecular weight excluding hydrogens is 426 g/mol. The zero-order valence-corrected chi connectivity index (χ0v) is 18.0.